The molecule has 7 heteroatoms. The highest BCUT2D eigenvalue weighted by Gasteiger charge is 2.22. The molecule has 1 atom stereocenters. The number of nitrogens with zero attached hydrogens (tertiary/aromatic N) is 4. The fraction of sp³-hybridized carbons (Fsp3) is 0.955. The largest absolute Gasteiger partial charge is 0.356 e. The first kappa shape index (κ1) is 26.9. The van der Waals surface area contributed by atoms with E-state index in [-0.39, 0.29) is 24.0 Å². The van der Waals surface area contributed by atoms with Crippen molar-refractivity contribution in [2.45, 2.75) is 58.4 Å². The van der Waals surface area contributed by atoms with E-state index in [0.29, 0.717) is 12.0 Å². The van der Waals surface area contributed by atoms with Crippen molar-refractivity contribution in [1.29, 1.82) is 0 Å². The molecule has 172 valence electrons. The molecule has 0 bridgehead atoms. The summed E-state index contributed by atoms with van der Waals surface area (Å²) in [4.78, 5) is 12.2. The van der Waals surface area contributed by atoms with Gasteiger partial charge in [-0.25, -0.2) is 0 Å². The predicted octanol–water partition coefficient (Wildman–Crippen LogP) is 2.70. The van der Waals surface area contributed by atoms with Crippen LogP contribution in [-0.2, 0) is 0 Å². The van der Waals surface area contributed by atoms with Gasteiger partial charge in [0.1, 0.15) is 0 Å². The molecule has 2 fully saturated rings. The first-order valence-electron chi connectivity index (χ1n) is 11.7. The summed E-state index contributed by atoms with van der Waals surface area (Å²) in [6.07, 6.45) is 7.95. The van der Waals surface area contributed by atoms with E-state index in [2.05, 4.69) is 51.2 Å². The molecule has 2 N–H and O–H groups in total. The summed E-state index contributed by atoms with van der Waals surface area (Å²) in [5.41, 5.74) is 0. The highest BCUT2D eigenvalue weighted by molar-refractivity contribution is 14.0. The summed E-state index contributed by atoms with van der Waals surface area (Å²) < 4.78 is 0. The van der Waals surface area contributed by atoms with Gasteiger partial charge in [0, 0.05) is 52.4 Å². The lowest BCUT2D eigenvalue weighted by molar-refractivity contribution is 0.152. The fourth-order valence-electron chi connectivity index (χ4n) is 4.37. The van der Waals surface area contributed by atoms with E-state index in [9.17, 15) is 0 Å². The van der Waals surface area contributed by atoms with E-state index in [1.807, 2.05) is 7.05 Å². The summed E-state index contributed by atoms with van der Waals surface area (Å²) in [5, 5.41) is 7.11. The fourth-order valence-corrected chi connectivity index (χ4v) is 4.37. The number of guanidine groups is 1. The lowest BCUT2D eigenvalue weighted by Gasteiger charge is -2.34. The number of hydrogen-bond donors (Lipinski definition) is 2. The van der Waals surface area contributed by atoms with Crippen molar-refractivity contribution in [2.24, 2.45) is 10.9 Å². The van der Waals surface area contributed by atoms with Gasteiger partial charge in [0.25, 0.3) is 0 Å². The number of nitrogens with one attached hydrogen (secondary N) is 2. The summed E-state index contributed by atoms with van der Waals surface area (Å²) in [6, 6.07) is 0.592. The van der Waals surface area contributed by atoms with Crippen molar-refractivity contribution in [3.05, 3.63) is 0 Å². The summed E-state index contributed by atoms with van der Waals surface area (Å²) in [5.74, 6) is 1.62. The highest BCUT2D eigenvalue weighted by Crippen LogP contribution is 2.17. The Balaban J connectivity index is 0.00000420. The van der Waals surface area contributed by atoms with Crippen LogP contribution >= 0.6 is 24.0 Å². The van der Waals surface area contributed by atoms with Gasteiger partial charge in [-0.2, -0.15) is 0 Å². The minimum absolute atomic E-state index is 0. The van der Waals surface area contributed by atoms with Gasteiger partial charge in [-0.3, -0.25) is 9.89 Å². The van der Waals surface area contributed by atoms with Crippen LogP contribution in [0.5, 0.6) is 0 Å². The van der Waals surface area contributed by atoms with Gasteiger partial charge in [0.15, 0.2) is 5.96 Å². The number of unbranched alkanes of at least 4 members (excludes halogenated alkanes) is 1. The number of hydrogen-bond acceptors (Lipinski definition) is 4. The highest BCUT2D eigenvalue weighted by atomic mass is 127. The third kappa shape index (κ3) is 10.6. The second-order valence-electron chi connectivity index (χ2n) is 8.99. The van der Waals surface area contributed by atoms with E-state index in [1.54, 1.807) is 0 Å². The Morgan fingerprint density at radius 1 is 0.897 bits per heavy atom. The van der Waals surface area contributed by atoms with Crippen LogP contribution in [0.15, 0.2) is 4.99 Å². The quantitative estimate of drug-likeness (QED) is 0.211. The van der Waals surface area contributed by atoms with Crippen LogP contribution in [-0.4, -0.2) is 99.7 Å². The van der Waals surface area contributed by atoms with Crippen LogP contribution in [0.2, 0.25) is 0 Å². The average molecular weight is 523 g/mol. The standard InChI is InChI=1S/C22H46N6.HI/c1-20(2)21(28-13-8-5-6-9-14-28)19-25-22(23-3)24-11-7-10-12-27-17-15-26(4)16-18-27;/h20-21H,5-19H2,1-4H3,(H2,23,24,25);1H. The summed E-state index contributed by atoms with van der Waals surface area (Å²) >= 11 is 0. The maximum absolute atomic E-state index is 4.44. The van der Waals surface area contributed by atoms with Crippen LogP contribution in [0.3, 0.4) is 0 Å². The zero-order valence-corrected chi connectivity index (χ0v) is 21.8. The smallest absolute Gasteiger partial charge is 0.191 e. The van der Waals surface area contributed by atoms with Crippen molar-refractivity contribution in [1.82, 2.24) is 25.3 Å². The molecule has 0 aromatic rings. The van der Waals surface area contributed by atoms with Crippen LogP contribution < -0.4 is 10.6 Å². The van der Waals surface area contributed by atoms with E-state index in [1.165, 1.54) is 84.3 Å². The maximum Gasteiger partial charge on any atom is 0.191 e. The molecule has 0 amide bonds. The van der Waals surface area contributed by atoms with E-state index in [0.717, 1.165) is 19.0 Å². The third-order valence-electron chi connectivity index (χ3n) is 6.37. The van der Waals surface area contributed by atoms with Gasteiger partial charge in [-0.1, -0.05) is 26.7 Å². The van der Waals surface area contributed by atoms with Crippen molar-refractivity contribution in [3.63, 3.8) is 0 Å². The molecule has 0 spiro atoms. The Labute approximate surface area is 197 Å². The first-order chi connectivity index (χ1) is 13.6. The molecule has 2 heterocycles. The van der Waals surface area contributed by atoms with Gasteiger partial charge in [0.05, 0.1) is 0 Å². The Morgan fingerprint density at radius 2 is 1.55 bits per heavy atom. The van der Waals surface area contributed by atoms with Crippen LogP contribution in [0.1, 0.15) is 52.4 Å². The molecule has 2 rings (SSSR count). The average Bonchev–Trinajstić information content (AvgIpc) is 2.97. The number of piperazine rings is 1. The molecule has 2 saturated heterocycles. The molecular weight excluding hydrogens is 475 g/mol. The molecule has 2 aliphatic heterocycles. The van der Waals surface area contributed by atoms with Crippen LogP contribution in [0.25, 0.3) is 0 Å². The van der Waals surface area contributed by atoms with E-state index in [4.69, 9.17) is 0 Å². The Bertz CT molecular complexity index is 429. The van der Waals surface area contributed by atoms with Gasteiger partial charge in [-0.15, -0.1) is 24.0 Å². The molecular formula is C22H47IN6. The molecule has 6 nitrogen and oxygen atoms in total. The molecule has 2 aliphatic rings. The lowest BCUT2D eigenvalue weighted by atomic mass is 10.0. The topological polar surface area (TPSA) is 46.1 Å². The Hall–Kier alpha value is -0.120. The zero-order chi connectivity index (χ0) is 20.2. The normalized spacial score (nSPS) is 21.5. The molecule has 0 saturated carbocycles. The van der Waals surface area contributed by atoms with Crippen molar-refractivity contribution in [3.8, 4) is 0 Å². The molecule has 0 aromatic heterocycles. The lowest BCUT2D eigenvalue weighted by Crippen LogP contribution is -2.49. The predicted molar refractivity (Wildman–Crippen MR) is 137 cm³/mol. The molecule has 29 heavy (non-hydrogen) atoms. The first-order valence-corrected chi connectivity index (χ1v) is 11.7. The van der Waals surface area contributed by atoms with E-state index >= 15 is 0 Å². The Kier molecular flexibility index (Phi) is 14.5. The van der Waals surface area contributed by atoms with Crippen LogP contribution in [0, 0.1) is 5.92 Å². The molecule has 1 unspecified atom stereocenters. The third-order valence-corrected chi connectivity index (χ3v) is 6.37. The van der Waals surface area contributed by atoms with Gasteiger partial charge >= 0.3 is 0 Å². The van der Waals surface area contributed by atoms with Crippen molar-refractivity contribution < 1.29 is 0 Å². The number of likely N-dealkylation sites (N-methyl/N-ethyl adjacent to an activating group) is 1. The Morgan fingerprint density at radius 3 is 2.14 bits per heavy atom. The zero-order valence-electron chi connectivity index (χ0n) is 19.5. The number of rotatable bonds is 9. The minimum atomic E-state index is 0. The monoisotopic (exact) mass is 522 g/mol. The van der Waals surface area contributed by atoms with Gasteiger partial charge in [0.2, 0.25) is 0 Å². The number of likely N-dealkylation sites (tertiary alicyclic amines) is 1. The summed E-state index contributed by atoms with van der Waals surface area (Å²) in [6.45, 7) is 15.3. The van der Waals surface area contributed by atoms with Crippen molar-refractivity contribution >= 4 is 29.9 Å². The summed E-state index contributed by atoms with van der Waals surface area (Å²) in [7, 11) is 4.10. The van der Waals surface area contributed by atoms with E-state index < -0.39 is 0 Å². The maximum atomic E-state index is 4.44. The minimum Gasteiger partial charge on any atom is -0.356 e. The van der Waals surface area contributed by atoms with Gasteiger partial charge in [-0.05, 0) is 58.3 Å². The van der Waals surface area contributed by atoms with Crippen molar-refractivity contribution in [2.75, 3.05) is 73.0 Å². The SMILES string of the molecule is CN=C(NCCCCN1CCN(C)CC1)NCC(C(C)C)N1CCCCCC1.I. The number of halogens is 1. The molecule has 0 aliphatic carbocycles. The second kappa shape index (κ2) is 15.6. The number of aliphatic imine (C=N–C) groups is 1. The second-order valence-corrected chi connectivity index (χ2v) is 8.99. The molecule has 0 radical (unpaired) electrons. The van der Waals surface area contributed by atoms with Gasteiger partial charge < -0.3 is 20.4 Å². The molecule has 0 aromatic carbocycles. The van der Waals surface area contributed by atoms with Crippen LogP contribution in [0.4, 0.5) is 0 Å².